The van der Waals surface area contributed by atoms with Crippen LogP contribution < -0.4 is 10.1 Å². The second-order valence-corrected chi connectivity index (χ2v) is 9.61. The number of aliphatic hydroxyl groups excluding tert-OH is 1. The number of hydrogen-bond acceptors (Lipinski definition) is 7. The molecule has 5 rings (SSSR count). The second-order valence-electron chi connectivity index (χ2n) is 9.23. The number of halogens is 2. The van der Waals surface area contributed by atoms with Gasteiger partial charge in [-0.05, 0) is 38.0 Å². The first kappa shape index (κ1) is 23.6. The summed E-state index contributed by atoms with van der Waals surface area (Å²) >= 11 is 6.22. The van der Waals surface area contributed by atoms with Gasteiger partial charge in [0.15, 0.2) is 0 Å². The maximum atomic E-state index is 14.1. The summed E-state index contributed by atoms with van der Waals surface area (Å²) in [6.45, 7) is 4.60. The Morgan fingerprint density at radius 3 is 2.86 bits per heavy atom. The number of aliphatic imine (C=N–C) groups is 1. The molecule has 0 aromatic heterocycles. The van der Waals surface area contributed by atoms with E-state index in [1.165, 1.54) is 23.1 Å². The van der Waals surface area contributed by atoms with Crippen molar-refractivity contribution in [2.75, 3.05) is 26.2 Å². The summed E-state index contributed by atoms with van der Waals surface area (Å²) in [6, 6.07) is 4.19. The molecule has 1 amide bonds. The molecule has 0 spiro atoms. The van der Waals surface area contributed by atoms with E-state index in [9.17, 15) is 14.3 Å². The predicted octanol–water partition coefficient (Wildman–Crippen LogP) is 3.15. The SMILES string of the molecule is CC1=N/C(=C2\CN(C(=O)c3ccc(F)cc3OC3CC4CC3=CN4CCO)CC2=N)NC(C)=C1Cl. The smallest absolute Gasteiger partial charge is 0.258 e. The number of rotatable bonds is 5. The van der Waals surface area contributed by atoms with Gasteiger partial charge < -0.3 is 30.4 Å². The maximum Gasteiger partial charge on any atom is 0.258 e. The zero-order chi connectivity index (χ0) is 24.9. The van der Waals surface area contributed by atoms with Crippen LogP contribution in [0, 0.1) is 11.2 Å². The monoisotopic (exact) mass is 499 g/mol. The number of carbonyl (C=O) groups is 1. The Morgan fingerprint density at radius 2 is 2.17 bits per heavy atom. The molecule has 1 aromatic rings. The van der Waals surface area contributed by atoms with Gasteiger partial charge in [-0.15, -0.1) is 0 Å². The predicted molar refractivity (Wildman–Crippen MR) is 131 cm³/mol. The molecule has 3 aliphatic heterocycles. The van der Waals surface area contributed by atoms with Crippen molar-refractivity contribution in [3.05, 3.63) is 63.5 Å². The molecule has 2 atom stereocenters. The van der Waals surface area contributed by atoms with Gasteiger partial charge >= 0.3 is 0 Å². The molecule has 0 radical (unpaired) electrons. The molecule has 3 N–H and O–H groups in total. The van der Waals surface area contributed by atoms with Gasteiger partial charge in [0.2, 0.25) is 0 Å². The number of nitrogens with one attached hydrogen (secondary N) is 2. The average Bonchev–Trinajstić information content (AvgIpc) is 3.51. The van der Waals surface area contributed by atoms with Crippen LogP contribution in [0.3, 0.4) is 0 Å². The molecule has 2 bridgehead atoms. The number of allylic oxidation sites excluding steroid dienone is 2. The van der Waals surface area contributed by atoms with E-state index in [1.54, 1.807) is 6.92 Å². The number of likely N-dealkylation sites (tertiary alicyclic amines) is 1. The molecular formula is C25H27ClFN5O3. The molecule has 1 saturated heterocycles. The number of β-amino-alcohol motifs (C(OH)–C–C–N with tert-alkyl or cyclic N) is 1. The van der Waals surface area contributed by atoms with Crippen molar-refractivity contribution in [1.82, 2.24) is 15.1 Å². The van der Waals surface area contributed by atoms with Crippen LogP contribution in [0.1, 0.15) is 37.0 Å². The summed E-state index contributed by atoms with van der Waals surface area (Å²) in [5.41, 5.74) is 3.64. The lowest BCUT2D eigenvalue weighted by Crippen LogP contribution is -2.34. The molecule has 8 nitrogen and oxygen atoms in total. The molecular weight excluding hydrogens is 473 g/mol. The number of nitrogens with zero attached hydrogens (tertiary/aromatic N) is 3. The number of aliphatic hydroxyl groups is 1. The second kappa shape index (κ2) is 9.13. The normalized spacial score (nSPS) is 25.8. The maximum absolute atomic E-state index is 14.1. The summed E-state index contributed by atoms with van der Waals surface area (Å²) < 4.78 is 20.3. The quantitative estimate of drug-likeness (QED) is 0.578. The van der Waals surface area contributed by atoms with Crippen LogP contribution in [0.2, 0.25) is 0 Å². The highest BCUT2D eigenvalue weighted by Gasteiger charge is 2.40. The zero-order valence-electron chi connectivity index (χ0n) is 19.6. The van der Waals surface area contributed by atoms with Crippen LogP contribution >= 0.6 is 11.6 Å². The summed E-state index contributed by atoms with van der Waals surface area (Å²) in [5, 5.41) is 21.3. The van der Waals surface area contributed by atoms with Crippen molar-refractivity contribution < 1.29 is 19.0 Å². The van der Waals surface area contributed by atoms with Crippen molar-refractivity contribution in [3.63, 3.8) is 0 Å². The first-order valence-corrected chi connectivity index (χ1v) is 12.0. The van der Waals surface area contributed by atoms with E-state index in [1.807, 2.05) is 13.1 Å². The van der Waals surface area contributed by atoms with Crippen LogP contribution in [-0.2, 0) is 0 Å². The zero-order valence-corrected chi connectivity index (χ0v) is 20.3. The van der Waals surface area contributed by atoms with Gasteiger partial charge in [0.05, 0.1) is 41.7 Å². The molecule has 1 saturated carbocycles. The van der Waals surface area contributed by atoms with Gasteiger partial charge in [0.1, 0.15) is 23.5 Å². The summed E-state index contributed by atoms with van der Waals surface area (Å²) in [6.07, 6.45) is 3.33. The van der Waals surface area contributed by atoms with Crippen molar-refractivity contribution in [2.45, 2.75) is 38.8 Å². The van der Waals surface area contributed by atoms with Crippen LogP contribution in [0.4, 0.5) is 4.39 Å². The van der Waals surface area contributed by atoms with E-state index < -0.39 is 5.82 Å². The van der Waals surface area contributed by atoms with Gasteiger partial charge in [-0.3, -0.25) is 4.79 Å². The lowest BCUT2D eigenvalue weighted by molar-refractivity contribution is 0.0796. The number of ether oxygens (including phenoxy) is 1. The van der Waals surface area contributed by atoms with E-state index in [-0.39, 0.29) is 54.8 Å². The van der Waals surface area contributed by atoms with Crippen molar-refractivity contribution >= 4 is 28.9 Å². The fourth-order valence-electron chi connectivity index (χ4n) is 5.05. The highest BCUT2D eigenvalue weighted by Crippen LogP contribution is 2.39. The Bertz CT molecular complexity index is 1240. The standard InChI is InChI=1S/C25H27ClFN5O3/c1-13-23(26)14(2)30-24(29-13)19-11-32(12-20(19)28)25(34)18-4-3-16(27)8-22(18)35-21-9-17-7-15(21)10-31(17)5-6-33/h3-4,8,10,17,21,28-29,33H,5-7,9,11-12H2,1-2H3/b24-19+,28-20?. The van der Waals surface area contributed by atoms with E-state index in [0.29, 0.717) is 28.7 Å². The topological polar surface area (TPSA) is 101 Å². The average molecular weight is 500 g/mol. The molecule has 10 heteroatoms. The number of fused-ring (bicyclic) bond motifs is 2. The van der Waals surface area contributed by atoms with Gasteiger partial charge in [0, 0.05) is 42.5 Å². The van der Waals surface area contributed by atoms with Gasteiger partial charge in [0.25, 0.3) is 5.91 Å². The van der Waals surface area contributed by atoms with Crippen molar-refractivity contribution in [1.29, 1.82) is 5.41 Å². The van der Waals surface area contributed by atoms with Crippen LogP contribution in [0.5, 0.6) is 5.75 Å². The Balaban J connectivity index is 1.36. The highest BCUT2D eigenvalue weighted by molar-refractivity contribution is 6.43. The minimum Gasteiger partial charge on any atom is -0.485 e. The lowest BCUT2D eigenvalue weighted by Gasteiger charge is -2.28. The minimum atomic E-state index is -0.483. The summed E-state index contributed by atoms with van der Waals surface area (Å²) in [4.78, 5) is 21.6. The fraction of sp³-hybridized carbons (Fsp3) is 0.400. The van der Waals surface area contributed by atoms with E-state index >= 15 is 0 Å². The molecule has 1 aromatic carbocycles. The Morgan fingerprint density at radius 1 is 1.37 bits per heavy atom. The number of amides is 1. The largest absolute Gasteiger partial charge is 0.485 e. The number of benzene rings is 1. The lowest BCUT2D eigenvalue weighted by atomic mass is 10.1. The highest BCUT2D eigenvalue weighted by atomic mass is 35.5. The number of hydrogen-bond donors (Lipinski definition) is 3. The van der Waals surface area contributed by atoms with E-state index in [0.717, 1.165) is 24.1 Å². The van der Waals surface area contributed by atoms with E-state index in [4.69, 9.17) is 21.7 Å². The third kappa shape index (κ3) is 4.34. The first-order chi connectivity index (χ1) is 16.7. The third-order valence-electron chi connectivity index (χ3n) is 6.84. The van der Waals surface area contributed by atoms with Crippen molar-refractivity contribution in [2.24, 2.45) is 4.99 Å². The molecule has 1 aliphatic carbocycles. The Kier molecular flexibility index (Phi) is 6.14. The fourth-order valence-corrected chi connectivity index (χ4v) is 5.14. The number of carbonyl (C=O) groups excluding carboxylic acids is 1. The van der Waals surface area contributed by atoms with Gasteiger partial charge in [-0.1, -0.05) is 11.6 Å². The minimum absolute atomic E-state index is 0.0840. The molecule has 2 fully saturated rings. The van der Waals surface area contributed by atoms with E-state index in [2.05, 4.69) is 15.2 Å². The molecule has 184 valence electrons. The third-order valence-corrected chi connectivity index (χ3v) is 7.40. The van der Waals surface area contributed by atoms with Gasteiger partial charge in [-0.2, -0.15) is 0 Å². The van der Waals surface area contributed by atoms with Gasteiger partial charge in [-0.25, -0.2) is 9.38 Å². The molecule has 3 heterocycles. The molecule has 2 unspecified atom stereocenters. The van der Waals surface area contributed by atoms with Crippen LogP contribution in [0.25, 0.3) is 0 Å². The van der Waals surface area contributed by atoms with Crippen LogP contribution in [0.15, 0.2) is 57.1 Å². The van der Waals surface area contributed by atoms with Crippen LogP contribution in [-0.4, -0.2) is 70.6 Å². The summed E-state index contributed by atoms with van der Waals surface area (Å²) in [5.74, 6) is -0.101. The Hall–Kier alpha value is -3.17. The Labute approximate surface area is 207 Å². The van der Waals surface area contributed by atoms with Crippen molar-refractivity contribution in [3.8, 4) is 5.75 Å². The summed E-state index contributed by atoms with van der Waals surface area (Å²) in [7, 11) is 0. The molecule has 4 aliphatic rings. The first-order valence-electron chi connectivity index (χ1n) is 11.6. The molecule has 35 heavy (non-hydrogen) atoms.